The maximum atomic E-state index is 14.8. The van der Waals surface area contributed by atoms with E-state index in [0.29, 0.717) is 31.6 Å². The van der Waals surface area contributed by atoms with Gasteiger partial charge in [0.15, 0.2) is 0 Å². The molecule has 1 aromatic rings. The summed E-state index contributed by atoms with van der Waals surface area (Å²) in [4.78, 5) is 28.8. The van der Waals surface area contributed by atoms with Crippen molar-refractivity contribution in [2.45, 2.75) is 65.7 Å². The lowest BCUT2D eigenvalue weighted by Crippen LogP contribution is -2.51. The Morgan fingerprint density at radius 3 is 2.34 bits per heavy atom. The molecule has 1 unspecified atom stereocenters. The first-order valence-corrected chi connectivity index (χ1v) is 11.1. The van der Waals surface area contributed by atoms with Crippen molar-refractivity contribution in [1.82, 2.24) is 9.80 Å². The molecule has 1 aliphatic rings. The van der Waals surface area contributed by atoms with Gasteiger partial charge in [-0.15, -0.1) is 0 Å². The van der Waals surface area contributed by atoms with E-state index < -0.39 is 0 Å². The van der Waals surface area contributed by atoms with Crippen molar-refractivity contribution in [2.75, 3.05) is 32.7 Å². The number of carbonyl (C=O) groups is 2. The van der Waals surface area contributed by atoms with Crippen LogP contribution in [0.25, 0.3) is 0 Å². The third-order valence-electron chi connectivity index (χ3n) is 6.05. The average Bonchev–Trinajstić information content (AvgIpc) is 2.68. The van der Waals surface area contributed by atoms with Gasteiger partial charge in [0, 0.05) is 32.1 Å². The molecule has 5 heteroatoms. The number of benzene rings is 1. The van der Waals surface area contributed by atoms with Gasteiger partial charge in [0.1, 0.15) is 11.6 Å². The highest BCUT2D eigenvalue weighted by Crippen LogP contribution is 2.35. The number of carbonyl (C=O) groups excluding carboxylic acids is 2. The number of piperazine rings is 1. The Balaban J connectivity index is 2.16. The Kier molecular flexibility index (Phi) is 9.28. The predicted octanol–water partition coefficient (Wildman–Crippen LogP) is 4.56. The molecular formula is C24H37FN2O2. The number of unbranched alkanes of at least 4 members (excludes halogenated alkanes) is 2. The molecule has 1 fully saturated rings. The van der Waals surface area contributed by atoms with E-state index in [9.17, 15) is 14.0 Å². The summed E-state index contributed by atoms with van der Waals surface area (Å²) < 4.78 is 14.8. The minimum atomic E-state index is -0.205. The zero-order valence-electron chi connectivity index (χ0n) is 18.5. The Hall–Kier alpha value is -1.75. The highest BCUT2D eigenvalue weighted by molar-refractivity contribution is 5.80. The first kappa shape index (κ1) is 23.5. The number of aryl methyl sites for hydroxylation is 1. The van der Waals surface area contributed by atoms with E-state index in [-0.39, 0.29) is 29.3 Å². The van der Waals surface area contributed by atoms with E-state index in [2.05, 4.69) is 11.8 Å². The summed E-state index contributed by atoms with van der Waals surface area (Å²) in [5.41, 5.74) is 1.58. The van der Waals surface area contributed by atoms with Crippen LogP contribution < -0.4 is 0 Å². The van der Waals surface area contributed by atoms with E-state index in [4.69, 9.17) is 0 Å². The van der Waals surface area contributed by atoms with Crippen LogP contribution in [0, 0.1) is 18.7 Å². The summed E-state index contributed by atoms with van der Waals surface area (Å²) in [6, 6.07) is 5.41. The minimum Gasteiger partial charge on any atom is -0.340 e. The number of halogens is 1. The minimum absolute atomic E-state index is 0.0881. The molecule has 0 saturated carbocycles. The van der Waals surface area contributed by atoms with Gasteiger partial charge in [-0.1, -0.05) is 45.2 Å². The molecule has 1 saturated heterocycles. The largest absolute Gasteiger partial charge is 0.340 e. The molecule has 2 rings (SSSR count). The van der Waals surface area contributed by atoms with Crippen molar-refractivity contribution in [3.63, 3.8) is 0 Å². The van der Waals surface area contributed by atoms with E-state index >= 15 is 0 Å². The monoisotopic (exact) mass is 404 g/mol. The van der Waals surface area contributed by atoms with Crippen LogP contribution in [0.3, 0.4) is 0 Å². The molecule has 162 valence electrons. The van der Waals surface area contributed by atoms with E-state index in [1.807, 2.05) is 30.9 Å². The van der Waals surface area contributed by atoms with Crippen molar-refractivity contribution in [2.24, 2.45) is 5.92 Å². The maximum Gasteiger partial charge on any atom is 0.226 e. The lowest BCUT2D eigenvalue weighted by Gasteiger charge is -2.37. The molecule has 1 aliphatic heterocycles. The standard InChI is InChI=1S/C24H37FN2O2/c1-5-7-8-9-21(22-11-10-18(3)16-23(22)25)20(6-2)24(29)27-14-12-26(13-15-27)17-19(4)28/h10-11,16,20-21H,5-9,12-15,17H2,1-4H3/t20?,21-/m1/s1. The van der Waals surface area contributed by atoms with Crippen LogP contribution in [0.15, 0.2) is 18.2 Å². The first-order chi connectivity index (χ1) is 13.9. The highest BCUT2D eigenvalue weighted by atomic mass is 19.1. The molecule has 1 aromatic carbocycles. The number of hydrogen-bond donors (Lipinski definition) is 0. The number of nitrogens with zero attached hydrogens (tertiary/aromatic N) is 2. The quantitative estimate of drug-likeness (QED) is 0.537. The summed E-state index contributed by atoms with van der Waals surface area (Å²) in [6.45, 7) is 10.9. The Labute approximate surface area is 175 Å². The van der Waals surface area contributed by atoms with E-state index in [1.165, 1.54) is 0 Å². The number of hydrogen-bond acceptors (Lipinski definition) is 3. The summed E-state index contributed by atoms with van der Waals surface area (Å²) in [6.07, 6.45) is 4.74. The highest BCUT2D eigenvalue weighted by Gasteiger charge is 2.33. The van der Waals surface area contributed by atoms with Gasteiger partial charge < -0.3 is 4.90 Å². The second kappa shape index (κ2) is 11.4. The third-order valence-corrected chi connectivity index (χ3v) is 6.05. The second-order valence-corrected chi connectivity index (χ2v) is 8.45. The molecule has 2 atom stereocenters. The van der Waals surface area contributed by atoms with Crippen LogP contribution in [0.2, 0.25) is 0 Å². The third kappa shape index (κ3) is 6.63. The van der Waals surface area contributed by atoms with E-state index in [1.54, 1.807) is 13.0 Å². The topological polar surface area (TPSA) is 40.6 Å². The van der Waals surface area contributed by atoms with Crippen molar-refractivity contribution >= 4 is 11.7 Å². The van der Waals surface area contributed by atoms with Crippen LogP contribution in [0.4, 0.5) is 4.39 Å². The van der Waals surface area contributed by atoms with Gasteiger partial charge >= 0.3 is 0 Å². The molecule has 1 amide bonds. The summed E-state index contributed by atoms with van der Waals surface area (Å²) in [5.74, 6) is -0.194. The number of amides is 1. The smallest absolute Gasteiger partial charge is 0.226 e. The number of Topliss-reactive ketones (excluding diaryl/α,β-unsaturated/α-hetero) is 1. The van der Waals surface area contributed by atoms with Crippen molar-refractivity contribution in [3.05, 3.63) is 35.1 Å². The molecule has 4 nitrogen and oxygen atoms in total. The van der Waals surface area contributed by atoms with E-state index in [0.717, 1.165) is 44.3 Å². The van der Waals surface area contributed by atoms with Gasteiger partial charge in [-0.3, -0.25) is 14.5 Å². The Bertz CT molecular complexity index is 683. The van der Waals surface area contributed by atoms with Gasteiger partial charge in [0.25, 0.3) is 0 Å². The zero-order chi connectivity index (χ0) is 21.4. The lowest BCUT2D eigenvalue weighted by molar-refractivity contribution is -0.138. The zero-order valence-corrected chi connectivity index (χ0v) is 18.5. The van der Waals surface area contributed by atoms with Crippen LogP contribution in [0.5, 0.6) is 0 Å². The molecule has 0 aliphatic carbocycles. The normalized spacial score (nSPS) is 17.2. The molecular weight excluding hydrogens is 367 g/mol. The molecule has 0 aromatic heterocycles. The first-order valence-electron chi connectivity index (χ1n) is 11.1. The second-order valence-electron chi connectivity index (χ2n) is 8.45. The van der Waals surface area contributed by atoms with Gasteiger partial charge in [-0.25, -0.2) is 4.39 Å². The maximum absolute atomic E-state index is 14.8. The fourth-order valence-electron chi connectivity index (χ4n) is 4.43. The molecule has 0 spiro atoms. The Morgan fingerprint density at radius 2 is 1.79 bits per heavy atom. The molecule has 0 radical (unpaired) electrons. The summed E-state index contributed by atoms with van der Waals surface area (Å²) in [5, 5.41) is 0. The molecule has 0 bridgehead atoms. The van der Waals surface area contributed by atoms with Crippen LogP contribution in [-0.2, 0) is 9.59 Å². The number of rotatable bonds is 10. The van der Waals surface area contributed by atoms with Crippen molar-refractivity contribution < 1.29 is 14.0 Å². The summed E-state index contributed by atoms with van der Waals surface area (Å²) >= 11 is 0. The predicted molar refractivity (Wildman–Crippen MR) is 116 cm³/mol. The lowest BCUT2D eigenvalue weighted by atomic mass is 9.79. The average molecular weight is 405 g/mol. The van der Waals surface area contributed by atoms with Crippen molar-refractivity contribution in [3.8, 4) is 0 Å². The summed E-state index contributed by atoms with van der Waals surface area (Å²) in [7, 11) is 0. The van der Waals surface area contributed by atoms with Crippen LogP contribution in [-0.4, -0.2) is 54.2 Å². The van der Waals surface area contributed by atoms with Gasteiger partial charge in [-0.05, 0) is 49.8 Å². The Morgan fingerprint density at radius 1 is 1.10 bits per heavy atom. The van der Waals surface area contributed by atoms with Crippen LogP contribution in [0.1, 0.15) is 69.9 Å². The molecule has 0 N–H and O–H groups in total. The fourth-order valence-corrected chi connectivity index (χ4v) is 4.43. The van der Waals surface area contributed by atoms with Crippen molar-refractivity contribution in [1.29, 1.82) is 0 Å². The van der Waals surface area contributed by atoms with Gasteiger partial charge in [0.05, 0.1) is 6.54 Å². The molecule has 29 heavy (non-hydrogen) atoms. The fraction of sp³-hybridized carbons (Fsp3) is 0.667. The van der Waals surface area contributed by atoms with Gasteiger partial charge in [-0.2, -0.15) is 0 Å². The van der Waals surface area contributed by atoms with Crippen LogP contribution >= 0.6 is 0 Å². The molecule has 1 heterocycles. The number of ketones is 1. The van der Waals surface area contributed by atoms with Gasteiger partial charge in [0.2, 0.25) is 5.91 Å². The SMILES string of the molecule is CCCCC[C@@H](c1ccc(C)cc1F)C(CC)C(=O)N1CCN(CC(C)=O)CC1.